The van der Waals surface area contributed by atoms with Crippen molar-refractivity contribution in [3.63, 3.8) is 0 Å². The number of amides is 3. The van der Waals surface area contributed by atoms with Gasteiger partial charge in [-0.25, -0.2) is 0 Å². The summed E-state index contributed by atoms with van der Waals surface area (Å²) in [5, 5.41) is 7.18. The lowest BCUT2D eigenvalue weighted by atomic mass is 10.1. The molecule has 3 N–H and O–H groups in total. The molecule has 0 saturated heterocycles. The topological polar surface area (TPSA) is 96.5 Å². The zero-order valence-corrected chi connectivity index (χ0v) is 25.9. The van der Waals surface area contributed by atoms with E-state index >= 15 is 0 Å². The van der Waals surface area contributed by atoms with Gasteiger partial charge in [-0.05, 0) is 79.6 Å². The summed E-state index contributed by atoms with van der Waals surface area (Å²) in [5.41, 5.74) is 0.151. The molecule has 238 valence electrons. The zero-order chi connectivity index (χ0) is 33.1. The fourth-order valence-electron chi connectivity index (χ4n) is 4.32. The van der Waals surface area contributed by atoms with Gasteiger partial charge in [0.2, 0.25) is 5.91 Å². The maximum absolute atomic E-state index is 13.5. The Morgan fingerprint density at radius 2 is 1.54 bits per heavy atom. The molecule has 3 amide bonds. The van der Waals surface area contributed by atoms with Crippen LogP contribution in [0.25, 0.3) is 6.08 Å². The normalized spacial score (nSPS) is 12.2. The molecule has 0 aliphatic heterocycles. The van der Waals surface area contributed by atoms with Gasteiger partial charge in [-0.1, -0.05) is 55.5 Å². The van der Waals surface area contributed by atoms with Crippen LogP contribution in [0.1, 0.15) is 41.8 Å². The Kier molecular flexibility index (Phi) is 11.6. The number of nitrogens with one attached hydrogen (secondary N) is 3. The minimum absolute atomic E-state index is 0.00906. The Bertz CT molecular complexity index is 1690. The molecule has 0 aliphatic rings. The van der Waals surface area contributed by atoms with Gasteiger partial charge in [-0.2, -0.15) is 13.2 Å². The van der Waals surface area contributed by atoms with Crippen LogP contribution in [-0.4, -0.2) is 29.6 Å². The highest BCUT2D eigenvalue weighted by Gasteiger charge is 2.34. The Balaban J connectivity index is 1.51. The minimum Gasteiger partial charge on any atom is -0.494 e. The number of halogens is 3. The molecule has 1 unspecified atom stereocenters. The number of anilines is 2. The standard InChI is InChI=1S/C35H32F3N3O4S/c1-3-31(34(44)40-29-16-9-8-15-28(29)35(36,37)38)46-27-14-10-13-25(22-27)39-33(43)30(41-32(42)24-11-6-5-7-12-24)21-23-17-19-26(20-18-23)45-4-2/h5-22,31H,3-4H2,1-2H3,(H,39,43)(H,40,44)(H,41,42)/b30-21+. The van der Waals surface area contributed by atoms with Crippen LogP contribution >= 0.6 is 11.8 Å². The number of benzene rings is 4. The average molecular weight is 648 g/mol. The first-order valence-corrected chi connectivity index (χ1v) is 15.3. The lowest BCUT2D eigenvalue weighted by Crippen LogP contribution is -2.30. The summed E-state index contributed by atoms with van der Waals surface area (Å²) in [5.74, 6) is -0.977. The molecule has 7 nitrogen and oxygen atoms in total. The van der Waals surface area contributed by atoms with Crippen LogP contribution in [-0.2, 0) is 15.8 Å². The van der Waals surface area contributed by atoms with Crippen molar-refractivity contribution in [2.75, 3.05) is 17.2 Å². The first-order valence-electron chi connectivity index (χ1n) is 14.4. The molecule has 0 spiro atoms. The van der Waals surface area contributed by atoms with Crippen LogP contribution in [0.3, 0.4) is 0 Å². The summed E-state index contributed by atoms with van der Waals surface area (Å²) in [7, 11) is 0. The lowest BCUT2D eigenvalue weighted by molar-refractivity contribution is -0.137. The average Bonchev–Trinajstić information content (AvgIpc) is 3.04. The molecule has 0 fully saturated rings. The number of hydrogen-bond donors (Lipinski definition) is 3. The molecule has 0 radical (unpaired) electrons. The maximum atomic E-state index is 13.5. The van der Waals surface area contributed by atoms with Crippen LogP contribution in [0.5, 0.6) is 5.75 Å². The number of thioether (sulfide) groups is 1. The second kappa shape index (κ2) is 15.8. The van der Waals surface area contributed by atoms with Crippen molar-refractivity contribution in [3.05, 3.63) is 126 Å². The summed E-state index contributed by atoms with van der Waals surface area (Å²) in [6.45, 7) is 4.13. The van der Waals surface area contributed by atoms with E-state index in [0.29, 0.717) is 40.5 Å². The third-order valence-corrected chi connectivity index (χ3v) is 7.91. The highest BCUT2D eigenvalue weighted by atomic mass is 32.2. The molecule has 46 heavy (non-hydrogen) atoms. The Morgan fingerprint density at radius 3 is 2.22 bits per heavy atom. The first kappa shape index (κ1) is 33.9. The van der Waals surface area contributed by atoms with Crippen LogP contribution in [0.2, 0.25) is 0 Å². The number of carbonyl (C=O) groups excluding carboxylic acids is 3. The van der Waals surface area contributed by atoms with E-state index in [4.69, 9.17) is 4.74 Å². The number of rotatable bonds is 12. The fraction of sp³-hybridized carbons (Fsp3) is 0.171. The monoisotopic (exact) mass is 647 g/mol. The largest absolute Gasteiger partial charge is 0.494 e. The van der Waals surface area contributed by atoms with E-state index < -0.39 is 34.7 Å². The van der Waals surface area contributed by atoms with E-state index in [2.05, 4.69) is 16.0 Å². The summed E-state index contributed by atoms with van der Waals surface area (Å²) in [4.78, 5) is 40.1. The highest BCUT2D eigenvalue weighted by molar-refractivity contribution is 8.00. The van der Waals surface area contributed by atoms with E-state index in [9.17, 15) is 27.6 Å². The van der Waals surface area contributed by atoms with Gasteiger partial charge in [0.05, 0.1) is 23.1 Å². The summed E-state index contributed by atoms with van der Waals surface area (Å²) >= 11 is 1.15. The van der Waals surface area contributed by atoms with Crippen molar-refractivity contribution < 1.29 is 32.3 Å². The van der Waals surface area contributed by atoms with Crippen LogP contribution < -0.4 is 20.7 Å². The van der Waals surface area contributed by atoms with Crippen LogP contribution in [0, 0.1) is 0 Å². The molecular formula is C35H32F3N3O4S. The number of para-hydroxylation sites is 1. The van der Waals surface area contributed by atoms with E-state index in [1.165, 1.54) is 18.2 Å². The number of ether oxygens (including phenoxy) is 1. The minimum atomic E-state index is -4.62. The van der Waals surface area contributed by atoms with Crippen molar-refractivity contribution in [1.82, 2.24) is 5.32 Å². The van der Waals surface area contributed by atoms with Gasteiger partial charge < -0.3 is 20.7 Å². The van der Waals surface area contributed by atoms with Crippen molar-refractivity contribution in [3.8, 4) is 5.75 Å². The van der Waals surface area contributed by atoms with Crippen molar-refractivity contribution in [1.29, 1.82) is 0 Å². The smallest absolute Gasteiger partial charge is 0.418 e. The van der Waals surface area contributed by atoms with Crippen molar-refractivity contribution >= 4 is 46.9 Å². The van der Waals surface area contributed by atoms with E-state index in [-0.39, 0.29) is 11.4 Å². The van der Waals surface area contributed by atoms with Crippen LogP contribution in [0.4, 0.5) is 24.5 Å². The molecule has 4 aromatic carbocycles. The lowest BCUT2D eigenvalue weighted by Gasteiger charge is -2.18. The Hall–Kier alpha value is -5.03. The van der Waals surface area contributed by atoms with Gasteiger partial charge in [0.1, 0.15) is 11.4 Å². The van der Waals surface area contributed by atoms with E-state index in [1.54, 1.807) is 91.9 Å². The van der Waals surface area contributed by atoms with Gasteiger partial charge >= 0.3 is 6.18 Å². The number of alkyl halides is 3. The molecule has 0 aromatic heterocycles. The molecule has 0 heterocycles. The fourth-order valence-corrected chi connectivity index (χ4v) is 5.33. The Morgan fingerprint density at radius 1 is 0.848 bits per heavy atom. The Labute approximate surface area is 269 Å². The quantitative estimate of drug-likeness (QED) is 0.107. The zero-order valence-electron chi connectivity index (χ0n) is 25.1. The number of hydrogen-bond acceptors (Lipinski definition) is 5. The molecule has 4 aromatic rings. The van der Waals surface area contributed by atoms with Crippen LogP contribution in [0.15, 0.2) is 114 Å². The van der Waals surface area contributed by atoms with Gasteiger partial charge in [0.25, 0.3) is 11.8 Å². The van der Waals surface area contributed by atoms with Crippen molar-refractivity contribution in [2.24, 2.45) is 0 Å². The summed E-state index contributed by atoms with van der Waals surface area (Å²) in [6.07, 6.45) is -2.74. The number of carbonyl (C=O) groups is 3. The van der Waals surface area contributed by atoms with E-state index in [0.717, 1.165) is 17.8 Å². The van der Waals surface area contributed by atoms with Gasteiger partial charge in [-0.15, -0.1) is 11.8 Å². The van der Waals surface area contributed by atoms with Gasteiger partial charge in [0, 0.05) is 16.1 Å². The third kappa shape index (κ3) is 9.48. The molecule has 11 heteroatoms. The first-order chi connectivity index (χ1) is 22.1. The van der Waals surface area contributed by atoms with Gasteiger partial charge in [-0.3, -0.25) is 14.4 Å². The maximum Gasteiger partial charge on any atom is 0.418 e. The summed E-state index contributed by atoms with van der Waals surface area (Å²) in [6, 6.07) is 27.0. The second-order valence-corrected chi connectivity index (χ2v) is 11.2. The predicted molar refractivity (Wildman–Crippen MR) is 175 cm³/mol. The highest BCUT2D eigenvalue weighted by Crippen LogP contribution is 2.35. The molecule has 0 saturated carbocycles. The molecule has 4 rings (SSSR count). The molecule has 0 aliphatic carbocycles. The SMILES string of the molecule is CCOc1ccc(/C=C(/NC(=O)c2ccccc2)C(=O)Nc2cccc(SC(CC)C(=O)Nc3ccccc3C(F)(F)F)c2)cc1. The molecule has 0 bridgehead atoms. The van der Waals surface area contributed by atoms with Crippen molar-refractivity contribution in [2.45, 2.75) is 36.6 Å². The second-order valence-electron chi connectivity index (χ2n) is 9.91. The summed E-state index contributed by atoms with van der Waals surface area (Å²) < 4.78 is 45.8. The predicted octanol–water partition coefficient (Wildman–Crippen LogP) is 8.02. The molecular weight excluding hydrogens is 615 g/mol. The third-order valence-electron chi connectivity index (χ3n) is 6.55. The van der Waals surface area contributed by atoms with Gasteiger partial charge in [0.15, 0.2) is 0 Å². The van der Waals surface area contributed by atoms with E-state index in [1.807, 2.05) is 6.92 Å². The molecule has 1 atom stereocenters.